The number of ether oxygens (including phenoxy) is 3. The molecule has 4 aromatic heterocycles. The van der Waals surface area contributed by atoms with Crippen LogP contribution in [0.25, 0.3) is 27.0 Å². The van der Waals surface area contributed by atoms with Crippen molar-refractivity contribution in [3.8, 4) is 0 Å². The summed E-state index contributed by atoms with van der Waals surface area (Å²) in [6, 6.07) is 8.48. The Kier molecular flexibility index (Phi) is 14.8. The maximum atomic E-state index is 17.1. The molecule has 4 aliphatic rings. The minimum Gasteiger partial charge on any atom is -0.460 e. The van der Waals surface area contributed by atoms with Gasteiger partial charge in [0.2, 0.25) is 6.54 Å². The number of halogens is 1. The topological polar surface area (TPSA) is 208 Å². The Balaban J connectivity index is 1.06. The standard InChI is InChI=1S/C42H51FN8O12P2S3Si/c1-42(2,3)69(5,6)63-33-28-20-57-64(54,66)61-32-27(59-39(30(32)43)50-19-26-13-10-18-68-37-29(26)35(50)45-22-46-37)21-58-65(67,56-16-14-44-4)62-34(33)40(60-28)51-24-47-31-36(51)48-23-49(38(31)52)15-17-55-41(53)25-11-8-7-9-12-25/h7-9,11-12,19,22-24,27-28,30,32-34,39-40H,10,13-18,20-21H2,1-3,5-6H3,(H,54,66)/t27-,28-,30-,32-,33-,34-,39-,40-,64?,65?/m1/s1. The van der Waals surface area contributed by atoms with Crippen molar-refractivity contribution in [2.75, 3.05) is 38.7 Å². The molecular weight excluding hydrogens is 1010 g/mol. The summed E-state index contributed by atoms with van der Waals surface area (Å²) in [5.41, 5.74) is 1.34. The van der Waals surface area contributed by atoms with Gasteiger partial charge >= 0.3 is 19.4 Å². The van der Waals surface area contributed by atoms with Crippen LogP contribution in [0, 0.1) is 6.57 Å². The summed E-state index contributed by atoms with van der Waals surface area (Å²) in [4.78, 5) is 59.7. The number of esters is 1. The molecule has 20 nitrogen and oxygen atoms in total. The second-order valence-electron chi connectivity index (χ2n) is 18.2. The lowest BCUT2D eigenvalue weighted by atomic mass is 10.1. The molecule has 0 spiro atoms. The summed E-state index contributed by atoms with van der Waals surface area (Å²) >= 11 is 13.3. The Bertz CT molecular complexity index is 2920. The Morgan fingerprint density at radius 1 is 1.00 bits per heavy atom. The van der Waals surface area contributed by atoms with Crippen LogP contribution in [0.2, 0.25) is 18.1 Å². The van der Waals surface area contributed by atoms with E-state index in [1.807, 2.05) is 19.3 Å². The number of nitrogens with zero attached hydrogens (tertiary/aromatic N) is 8. The third-order valence-corrected chi connectivity index (χ3v) is 22.2. The molecule has 1 aromatic carbocycles. The lowest BCUT2D eigenvalue weighted by Gasteiger charge is -2.41. The van der Waals surface area contributed by atoms with Gasteiger partial charge in [-0.25, -0.2) is 35.7 Å². The van der Waals surface area contributed by atoms with Crippen molar-refractivity contribution in [1.82, 2.24) is 33.6 Å². The minimum atomic E-state index is -4.32. The maximum Gasteiger partial charge on any atom is 0.338 e. The highest BCUT2D eigenvalue weighted by molar-refractivity contribution is 8.07. The molecule has 10 atom stereocenters. The first-order chi connectivity index (χ1) is 32.9. The molecule has 2 unspecified atom stereocenters. The Morgan fingerprint density at radius 3 is 2.54 bits per heavy atom. The summed E-state index contributed by atoms with van der Waals surface area (Å²) < 4.78 is 78.7. The molecule has 0 saturated carbocycles. The van der Waals surface area contributed by atoms with E-state index in [0.717, 1.165) is 34.6 Å². The van der Waals surface area contributed by atoms with Gasteiger partial charge in [0, 0.05) is 6.20 Å². The zero-order valence-corrected chi connectivity index (χ0v) is 43.4. The molecule has 9 rings (SSSR count). The number of rotatable bonds is 11. The monoisotopic (exact) mass is 1060 g/mol. The number of thioether (sulfide) groups is 1. The molecular formula is C42H51FN8O12P2S3Si. The third-order valence-electron chi connectivity index (χ3n) is 12.7. The van der Waals surface area contributed by atoms with Crippen molar-refractivity contribution in [2.24, 2.45) is 0 Å². The van der Waals surface area contributed by atoms with Gasteiger partial charge in [0.15, 0.2) is 38.1 Å². The summed E-state index contributed by atoms with van der Waals surface area (Å²) in [7, 11) is -2.75. The zero-order chi connectivity index (χ0) is 48.9. The fraction of sp³-hybridized carbons (Fsp3) is 0.548. The van der Waals surface area contributed by atoms with Crippen molar-refractivity contribution < 1.29 is 55.3 Å². The van der Waals surface area contributed by atoms with Crippen LogP contribution >= 0.6 is 25.2 Å². The number of carbonyl (C=O) groups excluding carboxylic acids is 1. The number of alkyl halides is 1. The van der Waals surface area contributed by atoms with Crippen LogP contribution in [0.5, 0.6) is 0 Å². The molecule has 0 amide bonds. The molecule has 1 N–H and O–H groups in total. The molecule has 4 aliphatic heterocycles. The molecule has 27 heteroatoms. The highest BCUT2D eigenvalue weighted by Gasteiger charge is 2.56. The predicted octanol–water partition coefficient (Wildman–Crippen LogP) is 6.65. The van der Waals surface area contributed by atoms with Crippen molar-refractivity contribution >= 4 is 85.3 Å². The van der Waals surface area contributed by atoms with Gasteiger partial charge in [-0.05, 0) is 78.0 Å². The van der Waals surface area contributed by atoms with Crippen LogP contribution in [0.3, 0.4) is 0 Å². The average Bonchev–Trinajstić information content (AvgIpc) is 4.03. The van der Waals surface area contributed by atoms with E-state index in [0.29, 0.717) is 11.2 Å². The first-order valence-electron chi connectivity index (χ1n) is 22.2. The van der Waals surface area contributed by atoms with Gasteiger partial charge < -0.3 is 46.5 Å². The number of benzene rings is 1. The molecule has 69 heavy (non-hydrogen) atoms. The molecule has 370 valence electrons. The quantitative estimate of drug-likeness (QED) is 0.0367. The number of imidazole rings is 1. The van der Waals surface area contributed by atoms with Gasteiger partial charge in [-0.15, -0.1) is 11.8 Å². The van der Waals surface area contributed by atoms with Crippen LogP contribution < -0.4 is 5.56 Å². The lowest BCUT2D eigenvalue weighted by Crippen LogP contribution is -2.50. The van der Waals surface area contributed by atoms with E-state index in [-0.39, 0.29) is 42.5 Å². The van der Waals surface area contributed by atoms with E-state index in [9.17, 15) is 14.5 Å². The van der Waals surface area contributed by atoms with Crippen LogP contribution in [-0.4, -0.2) is 128 Å². The second kappa shape index (κ2) is 20.2. The van der Waals surface area contributed by atoms with Crippen LogP contribution in [0.15, 0.2) is 65.3 Å². The SMILES string of the molecule is [C-]#[N+]CCOP1(=S)OC[C@H]2O[C@@H](n3cc4c5c(ncnc53)SCCC4)[C@H](F)[C@@H]2OP(O)(=S)OC[C@H]2O[C@@H](n3cnc4c(=O)n(CCOC(=O)c5ccccc5)cnc43)[C@H](O1)[C@@H]2O[Si](C)(C)C(C)(C)C. The molecule has 2 bridgehead atoms. The number of aryl methyl sites for hydroxylation is 1. The second-order valence-corrected chi connectivity index (χ2v) is 29.8. The van der Waals surface area contributed by atoms with Gasteiger partial charge in [-0.1, -0.05) is 39.0 Å². The zero-order valence-electron chi connectivity index (χ0n) is 38.2. The van der Waals surface area contributed by atoms with Gasteiger partial charge in [0.05, 0.1) is 37.0 Å². The summed E-state index contributed by atoms with van der Waals surface area (Å²) in [5, 5.41) is 1.26. The van der Waals surface area contributed by atoms with Gasteiger partial charge in [0.1, 0.15) is 67.1 Å². The van der Waals surface area contributed by atoms with Crippen molar-refractivity contribution in [3.63, 3.8) is 0 Å². The Hall–Kier alpha value is -3.41. The van der Waals surface area contributed by atoms with Gasteiger partial charge in [-0.3, -0.25) is 23.0 Å². The van der Waals surface area contributed by atoms with Crippen molar-refractivity contribution in [2.45, 2.75) is 112 Å². The average molecular weight is 1070 g/mol. The molecule has 3 saturated heterocycles. The van der Waals surface area contributed by atoms with Gasteiger partial charge in [-0.2, -0.15) is 0 Å². The Morgan fingerprint density at radius 2 is 1.77 bits per heavy atom. The third kappa shape index (κ3) is 10.5. The molecule has 5 aromatic rings. The summed E-state index contributed by atoms with van der Waals surface area (Å²) in [6.07, 6.45) is -3.01. The van der Waals surface area contributed by atoms with E-state index in [1.54, 1.807) is 46.7 Å². The normalized spacial score (nSPS) is 29.9. The van der Waals surface area contributed by atoms with E-state index in [4.69, 9.17) is 71.4 Å². The fourth-order valence-electron chi connectivity index (χ4n) is 8.22. The minimum absolute atomic E-state index is 0.00883. The molecule has 8 heterocycles. The van der Waals surface area contributed by atoms with Crippen molar-refractivity contribution in [3.05, 3.63) is 88.4 Å². The van der Waals surface area contributed by atoms with E-state index in [1.165, 1.54) is 28.1 Å². The molecule has 0 radical (unpaired) electrons. The van der Waals surface area contributed by atoms with Crippen LogP contribution in [-0.2, 0) is 77.8 Å². The highest BCUT2D eigenvalue weighted by atomic mass is 32.5. The maximum absolute atomic E-state index is 17.1. The predicted molar refractivity (Wildman–Crippen MR) is 260 cm³/mol. The number of carbonyl (C=O) groups is 1. The molecule has 3 fully saturated rings. The first-order valence-corrected chi connectivity index (χ1v) is 31.2. The lowest BCUT2D eigenvalue weighted by molar-refractivity contribution is -0.0615. The number of hydrogen-bond donors (Lipinski definition) is 1. The number of aromatic nitrogens is 7. The first kappa shape index (κ1) is 50.5. The smallest absolute Gasteiger partial charge is 0.338 e. The van der Waals surface area contributed by atoms with Crippen LogP contribution in [0.1, 0.15) is 55.6 Å². The fourth-order valence-corrected chi connectivity index (χ4v) is 14.0. The van der Waals surface area contributed by atoms with Crippen LogP contribution in [0.4, 0.5) is 4.39 Å². The van der Waals surface area contributed by atoms with E-state index >= 15 is 4.39 Å². The number of hydrogen-bond acceptors (Lipinski definition) is 18. The van der Waals surface area contributed by atoms with E-state index in [2.05, 4.69) is 45.6 Å². The highest BCUT2D eigenvalue weighted by Crippen LogP contribution is 2.58. The molecule has 0 aliphatic carbocycles. The summed E-state index contributed by atoms with van der Waals surface area (Å²) in [6.45, 7) is 8.03. The van der Waals surface area contributed by atoms with Crippen molar-refractivity contribution in [1.29, 1.82) is 0 Å². The van der Waals surface area contributed by atoms with E-state index < -0.39 is 95.6 Å². The van der Waals surface area contributed by atoms with Gasteiger partial charge in [0.25, 0.3) is 5.56 Å². The Labute approximate surface area is 411 Å². The largest absolute Gasteiger partial charge is 0.460 e. The summed E-state index contributed by atoms with van der Waals surface area (Å²) in [5.74, 6) is 0.334. The number of fused-ring (bicyclic) bond motifs is 4.